The lowest BCUT2D eigenvalue weighted by Crippen LogP contribution is -2.32. The van der Waals surface area contributed by atoms with Gasteiger partial charge in [0.25, 0.3) is 5.56 Å². The molecule has 0 saturated heterocycles. The van der Waals surface area contributed by atoms with Crippen molar-refractivity contribution >= 4 is 11.6 Å². The van der Waals surface area contributed by atoms with Gasteiger partial charge < -0.3 is 20.8 Å². The van der Waals surface area contributed by atoms with E-state index in [4.69, 9.17) is 10.5 Å². The van der Waals surface area contributed by atoms with Crippen LogP contribution in [0.25, 0.3) is 0 Å². The summed E-state index contributed by atoms with van der Waals surface area (Å²) in [6, 6.07) is 10.9. The maximum Gasteiger partial charge on any atom is 0.255 e. The highest BCUT2D eigenvalue weighted by Crippen LogP contribution is 2.48. The molecular formula is C18H14N4O3. The number of nitrogens with two attached hydrogens (primary N) is 1. The summed E-state index contributed by atoms with van der Waals surface area (Å²) < 4.78 is 5.49. The number of H-pyrrole nitrogens is 1. The van der Waals surface area contributed by atoms with Gasteiger partial charge in [-0.3, -0.25) is 9.59 Å². The Hall–Kier alpha value is -3.53. The van der Waals surface area contributed by atoms with Gasteiger partial charge in [-0.25, -0.2) is 0 Å². The van der Waals surface area contributed by atoms with Crippen LogP contribution >= 0.6 is 0 Å². The number of pyridine rings is 1. The summed E-state index contributed by atoms with van der Waals surface area (Å²) in [6.07, 6.45) is 0. The number of para-hydroxylation sites is 1. The zero-order chi connectivity index (χ0) is 17.7. The quantitative estimate of drug-likeness (QED) is 0.731. The molecule has 2 aliphatic heterocycles. The van der Waals surface area contributed by atoms with Crippen LogP contribution in [0.4, 0.5) is 5.69 Å². The zero-order valence-electron chi connectivity index (χ0n) is 13.3. The normalized spacial score (nSPS) is 21.0. The summed E-state index contributed by atoms with van der Waals surface area (Å²) in [4.78, 5) is 28.0. The third-order valence-electron chi connectivity index (χ3n) is 4.57. The molecule has 4 N–H and O–H groups in total. The fourth-order valence-corrected chi connectivity index (χ4v) is 3.54. The topological polar surface area (TPSA) is 121 Å². The van der Waals surface area contributed by atoms with Crippen LogP contribution in [-0.4, -0.2) is 10.9 Å². The molecule has 2 aromatic rings. The minimum Gasteiger partial charge on any atom is -0.440 e. The Kier molecular flexibility index (Phi) is 3.15. The molecule has 2 aliphatic rings. The first-order valence-electron chi connectivity index (χ1n) is 7.72. The van der Waals surface area contributed by atoms with Crippen LogP contribution < -0.4 is 21.3 Å². The van der Waals surface area contributed by atoms with E-state index in [0.29, 0.717) is 11.4 Å². The Morgan fingerprint density at radius 2 is 2.00 bits per heavy atom. The number of ether oxygens (including phenoxy) is 1. The maximum atomic E-state index is 12.6. The lowest BCUT2D eigenvalue weighted by molar-refractivity contribution is -0.117. The summed E-state index contributed by atoms with van der Waals surface area (Å²) in [5.74, 6) is -1.61. The van der Waals surface area contributed by atoms with E-state index in [-0.39, 0.29) is 28.7 Å². The Morgan fingerprint density at radius 1 is 1.24 bits per heavy atom. The average molecular weight is 334 g/mol. The van der Waals surface area contributed by atoms with Crippen LogP contribution in [0.1, 0.15) is 28.7 Å². The summed E-state index contributed by atoms with van der Waals surface area (Å²) in [5, 5.41) is 12.4. The van der Waals surface area contributed by atoms with Gasteiger partial charge in [0, 0.05) is 23.4 Å². The highest BCUT2D eigenvalue weighted by molar-refractivity contribution is 6.04. The van der Waals surface area contributed by atoms with Crippen LogP contribution in [0.3, 0.4) is 0 Å². The van der Waals surface area contributed by atoms with E-state index in [1.165, 1.54) is 0 Å². The lowest BCUT2D eigenvalue weighted by Gasteiger charge is -2.28. The number of amides is 1. The van der Waals surface area contributed by atoms with Crippen molar-refractivity contribution in [2.75, 3.05) is 5.32 Å². The van der Waals surface area contributed by atoms with Gasteiger partial charge in [-0.1, -0.05) is 18.2 Å². The molecular weight excluding hydrogens is 320 g/mol. The minimum absolute atomic E-state index is 0.0813. The minimum atomic E-state index is -0.804. The van der Waals surface area contributed by atoms with Gasteiger partial charge in [0.2, 0.25) is 11.8 Å². The number of fused-ring (bicyclic) bond motifs is 2. The summed E-state index contributed by atoms with van der Waals surface area (Å²) in [7, 11) is 0. The monoisotopic (exact) mass is 334 g/mol. The highest BCUT2D eigenvalue weighted by Gasteiger charge is 2.45. The first kappa shape index (κ1) is 15.0. The summed E-state index contributed by atoms with van der Waals surface area (Å²) in [6.45, 7) is 1.72. The van der Waals surface area contributed by atoms with E-state index in [1.54, 1.807) is 25.1 Å². The van der Waals surface area contributed by atoms with Crippen molar-refractivity contribution in [1.82, 2.24) is 4.98 Å². The van der Waals surface area contributed by atoms with Crippen LogP contribution in [0.15, 0.2) is 46.6 Å². The number of hydrogen-bond donors (Lipinski definition) is 3. The number of aryl methyl sites for hydroxylation is 1. The summed E-state index contributed by atoms with van der Waals surface area (Å²) >= 11 is 0. The molecule has 1 aromatic carbocycles. The number of nitrogens with one attached hydrogen (secondary N) is 2. The van der Waals surface area contributed by atoms with Crippen molar-refractivity contribution < 1.29 is 9.53 Å². The lowest BCUT2D eigenvalue weighted by atomic mass is 9.77. The first-order valence-corrected chi connectivity index (χ1v) is 7.72. The number of benzene rings is 1. The Bertz CT molecular complexity index is 1050. The number of rotatable bonds is 1. The fraction of sp³-hybridized carbons (Fsp3) is 0.167. The Morgan fingerprint density at radius 3 is 2.76 bits per heavy atom. The molecule has 2 atom stereocenters. The number of hydrogen-bond acceptors (Lipinski definition) is 5. The molecule has 1 amide bonds. The predicted octanol–water partition coefficient (Wildman–Crippen LogP) is 1.59. The van der Waals surface area contributed by atoms with Crippen molar-refractivity contribution in [1.29, 1.82) is 5.26 Å². The number of carbonyl (C=O) groups excluding carboxylic acids is 1. The number of aromatic amines is 1. The van der Waals surface area contributed by atoms with Crippen molar-refractivity contribution in [3.05, 3.63) is 69.0 Å². The molecule has 0 bridgehead atoms. The smallest absolute Gasteiger partial charge is 0.255 e. The fourth-order valence-electron chi connectivity index (χ4n) is 3.54. The molecule has 1 aromatic heterocycles. The molecule has 124 valence electrons. The molecule has 7 nitrogen and oxygen atoms in total. The zero-order valence-corrected chi connectivity index (χ0v) is 13.3. The number of nitrogens with zero attached hydrogens (tertiary/aromatic N) is 1. The molecule has 0 spiro atoms. The molecule has 2 unspecified atom stereocenters. The molecule has 7 heteroatoms. The molecule has 0 aliphatic carbocycles. The van der Waals surface area contributed by atoms with Crippen molar-refractivity contribution in [3.8, 4) is 11.8 Å². The molecule has 0 radical (unpaired) electrons. The van der Waals surface area contributed by atoms with Crippen LogP contribution in [0.5, 0.6) is 5.75 Å². The van der Waals surface area contributed by atoms with Crippen LogP contribution in [0, 0.1) is 18.3 Å². The Balaban J connectivity index is 2.00. The number of aromatic nitrogens is 1. The predicted molar refractivity (Wildman–Crippen MR) is 89.8 cm³/mol. The number of allylic oxidation sites excluding steroid dienone is 1. The number of carbonyl (C=O) groups is 1. The van der Waals surface area contributed by atoms with E-state index in [9.17, 15) is 14.9 Å². The standard InChI is InChI=1S/C18H14N4O3/c1-8-6-12-15(18(24)21-8)13(10(7-19)16(20)25-12)14-9-4-2-3-5-11(9)22-17(14)23/h2-6,13-14H,20H2,1H3,(H,21,24)(H,22,23). The molecule has 4 rings (SSSR count). The second-order valence-corrected chi connectivity index (χ2v) is 6.08. The molecule has 3 heterocycles. The third kappa shape index (κ3) is 2.11. The van der Waals surface area contributed by atoms with E-state index >= 15 is 0 Å². The van der Waals surface area contributed by atoms with E-state index < -0.39 is 17.4 Å². The average Bonchev–Trinajstić information content (AvgIpc) is 2.88. The van der Waals surface area contributed by atoms with Crippen LogP contribution in [0.2, 0.25) is 0 Å². The molecule has 25 heavy (non-hydrogen) atoms. The van der Waals surface area contributed by atoms with Gasteiger partial charge in [-0.05, 0) is 18.6 Å². The Labute approximate surface area is 142 Å². The highest BCUT2D eigenvalue weighted by atomic mass is 16.5. The van der Waals surface area contributed by atoms with Crippen LogP contribution in [-0.2, 0) is 4.79 Å². The third-order valence-corrected chi connectivity index (χ3v) is 4.57. The number of nitriles is 1. The van der Waals surface area contributed by atoms with Gasteiger partial charge in [0.05, 0.1) is 17.1 Å². The second kappa shape index (κ2) is 5.24. The van der Waals surface area contributed by atoms with E-state index in [2.05, 4.69) is 10.3 Å². The van der Waals surface area contributed by atoms with Crippen molar-refractivity contribution in [2.45, 2.75) is 18.8 Å². The van der Waals surface area contributed by atoms with Gasteiger partial charge in [-0.2, -0.15) is 5.26 Å². The molecule has 0 fully saturated rings. The first-order chi connectivity index (χ1) is 12.0. The van der Waals surface area contributed by atoms with E-state index in [0.717, 1.165) is 5.56 Å². The SMILES string of the molecule is Cc1cc2c(c(=O)[nH]1)C(C1C(=O)Nc3ccccc31)C(C#N)=C(N)O2. The van der Waals surface area contributed by atoms with Gasteiger partial charge >= 0.3 is 0 Å². The number of anilines is 1. The van der Waals surface area contributed by atoms with Crippen molar-refractivity contribution in [3.63, 3.8) is 0 Å². The van der Waals surface area contributed by atoms with E-state index in [1.807, 2.05) is 18.2 Å². The second-order valence-electron chi connectivity index (χ2n) is 6.08. The molecule has 0 saturated carbocycles. The van der Waals surface area contributed by atoms with Gasteiger partial charge in [0.15, 0.2) is 0 Å². The summed E-state index contributed by atoms with van der Waals surface area (Å²) in [5.41, 5.74) is 7.86. The van der Waals surface area contributed by atoms with Gasteiger partial charge in [0.1, 0.15) is 11.8 Å². The largest absolute Gasteiger partial charge is 0.440 e. The van der Waals surface area contributed by atoms with Gasteiger partial charge in [-0.15, -0.1) is 0 Å². The maximum absolute atomic E-state index is 12.6. The van der Waals surface area contributed by atoms with Crippen molar-refractivity contribution in [2.24, 2.45) is 5.73 Å².